The van der Waals surface area contributed by atoms with Gasteiger partial charge < -0.3 is 14.2 Å². The van der Waals surface area contributed by atoms with Gasteiger partial charge in [0.1, 0.15) is 12.4 Å². The molecule has 22 heavy (non-hydrogen) atoms. The molecule has 2 aromatic carbocycles. The predicted octanol–water partition coefficient (Wildman–Crippen LogP) is 3.70. The Morgan fingerprint density at radius 2 is 1.82 bits per heavy atom. The number of esters is 1. The Labute approximate surface area is 133 Å². The van der Waals surface area contributed by atoms with Crippen molar-refractivity contribution in [2.24, 2.45) is 0 Å². The van der Waals surface area contributed by atoms with Crippen LogP contribution in [0.1, 0.15) is 11.1 Å². The average Bonchev–Trinajstić information content (AvgIpc) is 2.52. The van der Waals surface area contributed by atoms with E-state index in [1.807, 2.05) is 26.0 Å². The third-order valence-electron chi connectivity index (χ3n) is 3.40. The summed E-state index contributed by atoms with van der Waals surface area (Å²) >= 11 is 6.11. The van der Waals surface area contributed by atoms with E-state index >= 15 is 0 Å². The molecule has 0 radical (unpaired) electrons. The van der Waals surface area contributed by atoms with Crippen LogP contribution in [0, 0.1) is 13.8 Å². The van der Waals surface area contributed by atoms with Gasteiger partial charge in [-0.25, -0.2) is 4.79 Å². The Hall–Kier alpha value is -2.20. The molecule has 0 N–H and O–H groups in total. The molecule has 114 valence electrons. The Kier molecular flexibility index (Phi) is 3.94. The van der Waals surface area contributed by atoms with Crippen LogP contribution in [0.4, 0.5) is 0 Å². The van der Waals surface area contributed by atoms with Gasteiger partial charge in [-0.15, -0.1) is 0 Å². The van der Waals surface area contributed by atoms with Crippen molar-refractivity contribution in [1.29, 1.82) is 0 Å². The number of para-hydroxylation sites is 2. The first-order chi connectivity index (χ1) is 10.5. The minimum atomic E-state index is -0.786. The van der Waals surface area contributed by atoms with Crippen molar-refractivity contribution in [2.45, 2.75) is 20.0 Å². The molecule has 0 bridgehead atoms. The number of halogens is 1. The Morgan fingerprint density at radius 3 is 2.50 bits per heavy atom. The number of benzene rings is 2. The number of fused-ring (bicyclic) bond motifs is 1. The first kappa shape index (κ1) is 14.7. The molecule has 0 saturated heterocycles. The highest BCUT2D eigenvalue weighted by atomic mass is 35.5. The lowest BCUT2D eigenvalue weighted by Crippen LogP contribution is -2.39. The molecule has 1 unspecified atom stereocenters. The first-order valence-electron chi connectivity index (χ1n) is 6.91. The van der Waals surface area contributed by atoms with Gasteiger partial charge in [-0.05, 0) is 49.2 Å². The lowest BCUT2D eigenvalue weighted by Gasteiger charge is -2.25. The summed E-state index contributed by atoms with van der Waals surface area (Å²) < 4.78 is 16.5. The molecular weight excluding hydrogens is 304 g/mol. The van der Waals surface area contributed by atoms with E-state index in [1.165, 1.54) is 0 Å². The Bertz CT molecular complexity index is 703. The minimum Gasteiger partial charge on any atom is -0.485 e. The molecule has 0 fully saturated rings. The second kappa shape index (κ2) is 5.89. The average molecular weight is 319 g/mol. The summed E-state index contributed by atoms with van der Waals surface area (Å²) in [4.78, 5) is 12.2. The maximum absolute atomic E-state index is 12.2. The van der Waals surface area contributed by atoms with Crippen LogP contribution < -0.4 is 14.2 Å². The molecule has 0 aliphatic carbocycles. The highest BCUT2D eigenvalue weighted by Crippen LogP contribution is 2.31. The topological polar surface area (TPSA) is 44.8 Å². The van der Waals surface area contributed by atoms with E-state index in [0.717, 1.165) is 11.1 Å². The van der Waals surface area contributed by atoms with E-state index in [4.69, 9.17) is 25.8 Å². The van der Waals surface area contributed by atoms with Crippen LogP contribution in [0.25, 0.3) is 0 Å². The van der Waals surface area contributed by atoms with Gasteiger partial charge in [0.2, 0.25) is 6.10 Å². The van der Waals surface area contributed by atoms with Gasteiger partial charge in [-0.2, -0.15) is 0 Å². The molecule has 0 aromatic heterocycles. The summed E-state index contributed by atoms with van der Waals surface area (Å²) in [6, 6.07) is 10.7. The van der Waals surface area contributed by atoms with Crippen molar-refractivity contribution in [3.8, 4) is 17.2 Å². The number of carbonyl (C=O) groups excluding carboxylic acids is 1. The summed E-state index contributed by atoms with van der Waals surface area (Å²) in [6.07, 6.45) is -0.786. The lowest BCUT2D eigenvalue weighted by atomic mass is 10.1. The van der Waals surface area contributed by atoms with Gasteiger partial charge in [-0.1, -0.05) is 23.7 Å². The van der Waals surface area contributed by atoms with Crippen LogP contribution in [0.5, 0.6) is 17.2 Å². The van der Waals surface area contributed by atoms with Gasteiger partial charge >= 0.3 is 5.97 Å². The normalized spacial score (nSPS) is 16.2. The standard InChI is InChI=1S/C17H15ClO4/c1-10-7-12(8-11(2)16(10)18)21-17(19)15-9-20-13-5-3-4-6-14(13)22-15/h3-8,15H,9H2,1-2H3. The van der Waals surface area contributed by atoms with Crippen LogP contribution in [-0.4, -0.2) is 18.7 Å². The third kappa shape index (κ3) is 2.88. The fraction of sp³-hybridized carbons (Fsp3) is 0.235. The molecule has 0 spiro atoms. The zero-order valence-electron chi connectivity index (χ0n) is 12.3. The van der Waals surface area contributed by atoms with Gasteiger partial charge in [0, 0.05) is 5.02 Å². The maximum Gasteiger partial charge on any atom is 0.356 e. The van der Waals surface area contributed by atoms with Crippen molar-refractivity contribution in [1.82, 2.24) is 0 Å². The summed E-state index contributed by atoms with van der Waals surface area (Å²) in [5.74, 6) is 1.13. The monoisotopic (exact) mass is 318 g/mol. The fourth-order valence-electron chi connectivity index (χ4n) is 2.28. The number of rotatable bonds is 2. The van der Waals surface area contributed by atoms with Crippen LogP contribution >= 0.6 is 11.6 Å². The van der Waals surface area contributed by atoms with E-state index in [0.29, 0.717) is 22.3 Å². The zero-order chi connectivity index (χ0) is 15.7. The number of ether oxygens (including phenoxy) is 3. The number of hydrogen-bond acceptors (Lipinski definition) is 4. The molecule has 0 amide bonds. The second-order valence-corrected chi connectivity index (χ2v) is 5.53. The minimum absolute atomic E-state index is 0.126. The SMILES string of the molecule is Cc1cc(OC(=O)C2COc3ccccc3O2)cc(C)c1Cl. The second-order valence-electron chi connectivity index (χ2n) is 5.16. The van der Waals surface area contributed by atoms with Crippen molar-refractivity contribution in [3.63, 3.8) is 0 Å². The van der Waals surface area contributed by atoms with E-state index in [9.17, 15) is 4.79 Å². The van der Waals surface area contributed by atoms with Crippen molar-refractivity contribution < 1.29 is 19.0 Å². The molecule has 1 aliphatic heterocycles. The molecule has 1 aliphatic rings. The van der Waals surface area contributed by atoms with Crippen molar-refractivity contribution >= 4 is 17.6 Å². The number of aryl methyl sites for hydroxylation is 2. The largest absolute Gasteiger partial charge is 0.485 e. The van der Waals surface area contributed by atoms with Gasteiger partial charge in [0.25, 0.3) is 0 Å². The van der Waals surface area contributed by atoms with Crippen LogP contribution in [0.15, 0.2) is 36.4 Å². The molecule has 2 aromatic rings. The summed E-state index contributed by atoms with van der Waals surface area (Å²) in [5.41, 5.74) is 1.71. The van der Waals surface area contributed by atoms with Gasteiger partial charge in [0.15, 0.2) is 11.5 Å². The highest BCUT2D eigenvalue weighted by molar-refractivity contribution is 6.32. The van der Waals surface area contributed by atoms with E-state index in [-0.39, 0.29) is 6.61 Å². The van der Waals surface area contributed by atoms with Crippen LogP contribution in [-0.2, 0) is 4.79 Å². The van der Waals surface area contributed by atoms with Crippen molar-refractivity contribution in [2.75, 3.05) is 6.61 Å². The predicted molar refractivity (Wildman–Crippen MR) is 82.9 cm³/mol. The smallest absolute Gasteiger partial charge is 0.356 e. The van der Waals surface area contributed by atoms with Crippen LogP contribution in [0.2, 0.25) is 5.02 Å². The highest BCUT2D eigenvalue weighted by Gasteiger charge is 2.29. The quantitative estimate of drug-likeness (QED) is 0.625. The van der Waals surface area contributed by atoms with E-state index < -0.39 is 12.1 Å². The molecule has 5 heteroatoms. The molecule has 1 heterocycles. The maximum atomic E-state index is 12.2. The summed E-state index contributed by atoms with van der Waals surface area (Å²) in [5, 5.41) is 0.672. The lowest BCUT2D eigenvalue weighted by molar-refractivity contribution is -0.144. The Balaban J connectivity index is 1.73. The van der Waals surface area contributed by atoms with E-state index in [1.54, 1.807) is 24.3 Å². The number of hydrogen-bond donors (Lipinski definition) is 0. The molecule has 4 nitrogen and oxygen atoms in total. The first-order valence-corrected chi connectivity index (χ1v) is 7.29. The number of carbonyl (C=O) groups is 1. The van der Waals surface area contributed by atoms with E-state index in [2.05, 4.69) is 0 Å². The van der Waals surface area contributed by atoms with Gasteiger partial charge in [0.05, 0.1) is 0 Å². The molecule has 1 atom stereocenters. The summed E-state index contributed by atoms with van der Waals surface area (Å²) in [7, 11) is 0. The van der Waals surface area contributed by atoms with Gasteiger partial charge in [-0.3, -0.25) is 0 Å². The van der Waals surface area contributed by atoms with Crippen molar-refractivity contribution in [3.05, 3.63) is 52.5 Å². The third-order valence-corrected chi connectivity index (χ3v) is 4.00. The zero-order valence-corrected chi connectivity index (χ0v) is 13.0. The molecule has 3 rings (SSSR count). The Morgan fingerprint density at radius 1 is 1.18 bits per heavy atom. The van der Waals surface area contributed by atoms with Crippen LogP contribution in [0.3, 0.4) is 0 Å². The molecule has 0 saturated carbocycles. The summed E-state index contributed by atoms with van der Waals surface area (Å²) in [6.45, 7) is 3.85. The fourth-order valence-corrected chi connectivity index (χ4v) is 2.39. The molecular formula is C17H15ClO4.